The van der Waals surface area contributed by atoms with Gasteiger partial charge in [0.15, 0.2) is 9.84 Å². The van der Waals surface area contributed by atoms with Crippen LogP contribution in [0.25, 0.3) is 0 Å². The van der Waals surface area contributed by atoms with Crippen molar-refractivity contribution in [1.29, 1.82) is 0 Å². The van der Waals surface area contributed by atoms with Crippen LogP contribution in [0.15, 0.2) is 24.3 Å². The lowest BCUT2D eigenvalue weighted by Gasteiger charge is -2.30. The van der Waals surface area contributed by atoms with Gasteiger partial charge < -0.3 is 10.1 Å². The zero-order valence-electron chi connectivity index (χ0n) is 15.8. The van der Waals surface area contributed by atoms with Crippen molar-refractivity contribution in [2.45, 2.75) is 31.8 Å². The minimum absolute atomic E-state index is 0.0671. The lowest BCUT2D eigenvalue weighted by Crippen LogP contribution is -2.47. The summed E-state index contributed by atoms with van der Waals surface area (Å²) in [7, 11) is -1.51. The van der Waals surface area contributed by atoms with E-state index >= 15 is 0 Å². The monoisotopic (exact) mass is 395 g/mol. The second-order valence-corrected chi connectivity index (χ2v) is 9.35. The van der Waals surface area contributed by atoms with Crippen LogP contribution < -0.4 is 10.1 Å². The molecule has 2 saturated heterocycles. The topological polar surface area (TPSA) is 96.0 Å². The number of nitrogens with zero attached hydrogens (tertiary/aromatic N) is 2. The maximum atomic E-state index is 13.1. The highest BCUT2D eigenvalue weighted by molar-refractivity contribution is 7.91. The highest BCUT2D eigenvalue weighted by Gasteiger charge is 2.50. The fourth-order valence-corrected chi connectivity index (χ4v) is 5.44. The van der Waals surface area contributed by atoms with Crippen LogP contribution in [-0.2, 0) is 20.2 Å². The van der Waals surface area contributed by atoms with Gasteiger partial charge in [-0.15, -0.1) is 0 Å². The third-order valence-corrected chi connectivity index (χ3v) is 7.13. The molecule has 0 aromatic heterocycles. The molecule has 2 atom stereocenters. The van der Waals surface area contributed by atoms with Crippen LogP contribution in [0.1, 0.15) is 25.8 Å². The molecule has 2 fully saturated rings. The summed E-state index contributed by atoms with van der Waals surface area (Å²) in [6.07, 6.45) is 0.521. The number of ether oxygens (including phenoxy) is 1. The highest BCUT2D eigenvalue weighted by Crippen LogP contribution is 2.31. The molecule has 8 nitrogen and oxygen atoms in total. The molecule has 1 N–H and O–H groups in total. The first-order valence-electron chi connectivity index (χ1n) is 8.93. The van der Waals surface area contributed by atoms with Crippen molar-refractivity contribution in [3.8, 4) is 5.75 Å². The van der Waals surface area contributed by atoms with E-state index in [0.717, 1.165) is 4.90 Å². The fraction of sp³-hybridized carbons (Fsp3) is 0.556. The van der Waals surface area contributed by atoms with Gasteiger partial charge in [0.05, 0.1) is 25.3 Å². The molecule has 1 aromatic carbocycles. The molecular formula is C18H25N3O5S. The second-order valence-electron chi connectivity index (χ2n) is 7.12. The van der Waals surface area contributed by atoms with Crippen molar-refractivity contribution in [3.05, 3.63) is 29.8 Å². The van der Waals surface area contributed by atoms with Gasteiger partial charge in [-0.1, -0.05) is 19.1 Å². The summed E-state index contributed by atoms with van der Waals surface area (Å²) >= 11 is 0. The number of carbonyl (C=O) groups excluding carboxylic acids is 2. The van der Waals surface area contributed by atoms with Gasteiger partial charge in [-0.2, -0.15) is 0 Å². The third-order valence-electron chi connectivity index (χ3n) is 5.38. The van der Waals surface area contributed by atoms with Crippen molar-refractivity contribution in [2.24, 2.45) is 0 Å². The average molecular weight is 395 g/mol. The van der Waals surface area contributed by atoms with Gasteiger partial charge in [0, 0.05) is 6.04 Å². The maximum absolute atomic E-state index is 13.1. The molecule has 148 valence electrons. The van der Waals surface area contributed by atoms with Gasteiger partial charge >= 0.3 is 6.03 Å². The van der Waals surface area contributed by atoms with Crippen LogP contribution >= 0.6 is 0 Å². The van der Waals surface area contributed by atoms with Crippen molar-refractivity contribution in [2.75, 3.05) is 31.8 Å². The number of imide groups is 1. The van der Waals surface area contributed by atoms with Gasteiger partial charge in [-0.05, 0) is 37.6 Å². The minimum atomic E-state index is -3.04. The lowest BCUT2D eigenvalue weighted by atomic mass is 9.92. The van der Waals surface area contributed by atoms with Crippen molar-refractivity contribution in [3.63, 3.8) is 0 Å². The first kappa shape index (κ1) is 19.6. The molecule has 0 radical (unpaired) electrons. The number of rotatable bonds is 6. The van der Waals surface area contributed by atoms with E-state index in [-0.39, 0.29) is 30.1 Å². The van der Waals surface area contributed by atoms with Gasteiger partial charge in [0.2, 0.25) is 0 Å². The number of sulfone groups is 1. The molecular weight excluding hydrogens is 370 g/mol. The Balaban J connectivity index is 1.81. The van der Waals surface area contributed by atoms with Gasteiger partial charge in [-0.3, -0.25) is 9.69 Å². The van der Waals surface area contributed by atoms with Gasteiger partial charge in [-0.25, -0.2) is 18.1 Å². The Hall–Kier alpha value is -2.13. The van der Waals surface area contributed by atoms with E-state index in [9.17, 15) is 18.0 Å². The Bertz CT molecular complexity index is 856. The number of urea groups is 1. The molecule has 27 heavy (non-hydrogen) atoms. The zero-order chi connectivity index (χ0) is 19.8. The number of nitrogens with one attached hydrogen (secondary N) is 1. The number of hydrogen-bond acceptors (Lipinski definition) is 6. The van der Waals surface area contributed by atoms with Crippen LogP contribution in [0.5, 0.6) is 5.75 Å². The Morgan fingerprint density at radius 1 is 1.37 bits per heavy atom. The standard InChI is InChI=1S/C18H25N3O5S/c1-4-20(14-8-9-27(24,25)11-14)12-21-16(22)18(2,19-17(21)23)13-6-5-7-15(10-13)26-3/h5-7,10,14H,4,8-9,11-12H2,1-3H3,(H,19,23)/t14-,18-/m1/s1. The SMILES string of the molecule is CCN(CN1C(=O)N[C@](C)(c2cccc(OC)c2)C1=O)[C@@H]1CCS(=O)(=O)C1. The Morgan fingerprint density at radius 3 is 2.70 bits per heavy atom. The summed E-state index contributed by atoms with van der Waals surface area (Å²) in [5, 5.41) is 2.77. The van der Waals surface area contributed by atoms with E-state index in [1.807, 2.05) is 11.8 Å². The highest BCUT2D eigenvalue weighted by atomic mass is 32.2. The quantitative estimate of drug-likeness (QED) is 0.720. The maximum Gasteiger partial charge on any atom is 0.326 e. The molecule has 2 heterocycles. The molecule has 9 heteroatoms. The Labute approximate surface area is 159 Å². The molecule has 3 rings (SSSR count). The average Bonchev–Trinajstić information content (AvgIpc) is 3.11. The molecule has 0 spiro atoms. The van der Waals surface area contributed by atoms with E-state index in [1.165, 1.54) is 7.11 Å². The molecule has 1 aromatic rings. The number of amides is 3. The van der Waals surface area contributed by atoms with E-state index in [4.69, 9.17) is 4.74 Å². The van der Waals surface area contributed by atoms with Crippen LogP contribution in [0, 0.1) is 0 Å². The predicted molar refractivity (Wildman–Crippen MR) is 100 cm³/mol. The summed E-state index contributed by atoms with van der Waals surface area (Å²) in [4.78, 5) is 28.7. The smallest absolute Gasteiger partial charge is 0.326 e. The lowest BCUT2D eigenvalue weighted by molar-refractivity contribution is -0.132. The van der Waals surface area contributed by atoms with E-state index in [2.05, 4.69) is 5.32 Å². The van der Waals surface area contributed by atoms with E-state index < -0.39 is 21.4 Å². The summed E-state index contributed by atoms with van der Waals surface area (Å²) in [6, 6.07) is 6.37. The summed E-state index contributed by atoms with van der Waals surface area (Å²) in [6.45, 7) is 4.18. The third kappa shape index (κ3) is 3.66. The molecule has 3 amide bonds. The van der Waals surface area contributed by atoms with Crippen LogP contribution in [-0.4, -0.2) is 68.0 Å². The van der Waals surface area contributed by atoms with Crippen LogP contribution in [0.4, 0.5) is 4.79 Å². The van der Waals surface area contributed by atoms with Gasteiger partial charge in [0.25, 0.3) is 5.91 Å². The predicted octanol–water partition coefficient (Wildman–Crippen LogP) is 0.929. The number of benzene rings is 1. The van der Waals surface area contributed by atoms with Crippen molar-refractivity contribution < 1.29 is 22.7 Å². The summed E-state index contributed by atoms with van der Waals surface area (Å²) < 4.78 is 28.8. The van der Waals surface area contributed by atoms with E-state index in [0.29, 0.717) is 24.3 Å². The number of methoxy groups -OCH3 is 1. The largest absolute Gasteiger partial charge is 0.497 e. The molecule has 2 aliphatic heterocycles. The zero-order valence-corrected chi connectivity index (χ0v) is 16.6. The Morgan fingerprint density at radius 2 is 2.11 bits per heavy atom. The Kier molecular flexibility index (Phi) is 5.18. The number of carbonyl (C=O) groups is 2. The molecule has 0 aliphatic carbocycles. The van der Waals surface area contributed by atoms with Crippen molar-refractivity contribution >= 4 is 21.8 Å². The molecule has 2 aliphatic rings. The van der Waals surface area contributed by atoms with Crippen LogP contribution in [0.2, 0.25) is 0 Å². The molecule has 0 unspecified atom stereocenters. The summed E-state index contributed by atoms with van der Waals surface area (Å²) in [5.74, 6) is 0.452. The second kappa shape index (κ2) is 7.12. The first-order valence-corrected chi connectivity index (χ1v) is 10.8. The van der Waals surface area contributed by atoms with E-state index in [1.54, 1.807) is 31.2 Å². The van der Waals surface area contributed by atoms with Gasteiger partial charge in [0.1, 0.15) is 11.3 Å². The molecule has 0 saturated carbocycles. The molecule has 0 bridgehead atoms. The minimum Gasteiger partial charge on any atom is -0.497 e. The van der Waals surface area contributed by atoms with Crippen molar-refractivity contribution in [1.82, 2.24) is 15.1 Å². The summed E-state index contributed by atoms with van der Waals surface area (Å²) in [5.41, 5.74) is -0.554. The fourth-order valence-electron chi connectivity index (χ4n) is 3.67. The normalized spacial score (nSPS) is 27.3. The van der Waals surface area contributed by atoms with Crippen LogP contribution in [0.3, 0.4) is 0 Å². The first-order chi connectivity index (χ1) is 12.7. The number of hydrogen-bond donors (Lipinski definition) is 1.